The van der Waals surface area contributed by atoms with Gasteiger partial charge in [-0.2, -0.15) is 0 Å². The Morgan fingerprint density at radius 1 is 1.30 bits per heavy atom. The van der Waals surface area contributed by atoms with Gasteiger partial charge in [0.15, 0.2) is 0 Å². The van der Waals surface area contributed by atoms with E-state index in [0.29, 0.717) is 18.4 Å². The summed E-state index contributed by atoms with van der Waals surface area (Å²) < 4.78 is 12.9. The van der Waals surface area contributed by atoms with E-state index in [1.807, 2.05) is 0 Å². The maximum Gasteiger partial charge on any atom is 0.315 e. The number of hydrogen-bond acceptors (Lipinski definition) is 2. The van der Waals surface area contributed by atoms with E-state index >= 15 is 0 Å². The Morgan fingerprint density at radius 2 is 2.05 bits per heavy atom. The van der Waals surface area contributed by atoms with Gasteiger partial charge in [0.05, 0.1) is 5.41 Å². The molecule has 0 spiro atoms. The summed E-state index contributed by atoms with van der Waals surface area (Å²) in [5.74, 6) is -1.22. The van der Waals surface area contributed by atoms with Crippen LogP contribution in [-0.4, -0.2) is 23.7 Å². The second-order valence-electron chi connectivity index (χ2n) is 5.11. The lowest BCUT2D eigenvalue weighted by molar-refractivity contribution is -0.153. The molecule has 0 bridgehead atoms. The van der Waals surface area contributed by atoms with E-state index in [1.165, 1.54) is 12.1 Å². The number of carbonyl (C=O) groups excluding carboxylic acids is 1. The van der Waals surface area contributed by atoms with Crippen molar-refractivity contribution in [3.8, 4) is 0 Å². The number of carboxylic acid groups (broad SMARTS) is 1. The van der Waals surface area contributed by atoms with Crippen LogP contribution < -0.4 is 10.6 Å². The van der Waals surface area contributed by atoms with Crippen LogP contribution in [0.1, 0.15) is 24.8 Å². The molecule has 0 aromatic heterocycles. The molecule has 1 aromatic carbocycles. The van der Waals surface area contributed by atoms with Crippen molar-refractivity contribution >= 4 is 12.0 Å². The Labute approximate surface area is 116 Å². The van der Waals surface area contributed by atoms with Crippen molar-refractivity contribution < 1.29 is 19.1 Å². The zero-order valence-corrected chi connectivity index (χ0v) is 11.0. The molecule has 3 N–H and O–H groups in total. The van der Waals surface area contributed by atoms with E-state index in [1.54, 1.807) is 12.1 Å². The van der Waals surface area contributed by atoms with Crippen LogP contribution >= 0.6 is 0 Å². The quantitative estimate of drug-likeness (QED) is 0.770. The normalized spacial score (nSPS) is 16.1. The molecule has 2 amide bonds. The average molecular weight is 280 g/mol. The number of carbonyl (C=O) groups is 2. The van der Waals surface area contributed by atoms with Crippen LogP contribution in [0, 0.1) is 11.2 Å². The highest BCUT2D eigenvalue weighted by Crippen LogP contribution is 2.40. The van der Waals surface area contributed by atoms with Gasteiger partial charge in [-0.3, -0.25) is 4.79 Å². The van der Waals surface area contributed by atoms with Crippen molar-refractivity contribution in [2.45, 2.75) is 25.8 Å². The maximum atomic E-state index is 12.9. The summed E-state index contributed by atoms with van der Waals surface area (Å²) in [6, 6.07) is 5.50. The van der Waals surface area contributed by atoms with Crippen LogP contribution in [0.3, 0.4) is 0 Å². The number of nitrogens with one attached hydrogen (secondary N) is 2. The molecule has 1 aliphatic carbocycles. The molecule has 6 heteroatoms. The highest BCUT2D eigenvalue weighted by molar-refractivity contribution is 5.78. The summed E-state index contributed by atoms with van der Waals surface area (Å²) in [5, 5.41) is 14.3. The van der Waals surface area contributed by atoms with E-state index in [0.717, 1.165) is 6.42 Å². The monoisotopic (exact) mass is 280 g/mol. The molecule has 0 heterocycles. The number of aliphatic carboxylic acids is 1. The molecule has 2 rings (SSSR count). The van der Waals surface area contributed by atoms with Crippen molar-refractivity contribution in [3.63, 3.8) is 0 Å². The number of rotatable bonds is 5. The molecular weight excluding hydrogens is 263 g/mol. The van der Waals surface area contributed by atoms with Crippen LogP contribution in [-0.2, 0) is 11.3 Å². The summed E-state index contributed by atoms with van der Waals surface area (Å²) in [5.41, 5.74) is -0.160. The van der Waals surface area contributed by atoms with Crippen LogP contribution in [0.2, 0.25) is 0 Å². The third kappa shape index (κ3) is 3.26. The third-order valence-corrected chi connectivity index (χ3v) is 3.69. The van der Waals surface area contributed by atoms with Crippen molar-refractivity contribution in [1.82, 2.24) is 10.6 Å². The first-order chi connectivity index (χ1) is 9.52. The van der Waals surface area contributed by atoms with Crippen LogP contribution in [0.25, 0.3) is 0 Å². The van der Waals surface area contributed by atoms with Gasteiger partial charge in [0, 0.05) is 13.1 Å². The number of benzene rings is 1. The molecule has 1 aliphatic rings. The zero-order chi connectivity index (χ0) is 14.6. The van der Waals surface area contributed by atoms with Crippen LogP contribution in [0.15, 0.2) is 24.3 Å². The summed E-state index contributed by atoms with van der Waals surface area (Å²) in [6.45, 7) is 0.320. The molecule has 0 aliphatic heterocycles. The fraction of sp³-hybridized carbons (Fsp3) is 0.429. The van der Waals surface area contributed by atoms with Gasteiger partial charge in [-0.15, -0.1) is 0 Å². The van der Waals surface area contributed by atoms with Gasteiger partial charge in [0.1, 0.15) is 5.82 Å². The first-order valence-electron chi connectivity index (χ1n) is 6.51. The molecule has 0 atom stereocenters. The van der Waals surface area contributed by atoms with Crippen molar-refractivity contribution in [2.75, 3.05) is 6.54 Å². The predicted octanol–water partition coefficient (Wildman–Crippen LogP) is 1.88. The predicted molar refractivity (Wildman–Crippen MR) is 70.6 cm³/mol. The Morgan fingerprint density at radius 3 is 2.60 bits per heavy atom. The second-order valence-corrected chi connectivity index (χ2v) is 5.11. The second kappa shape index (κ2) is 5.90. The molecule has 0 radical (unpaired) electrons. The molecule has 0 unspecified atom stereocenters. The van der Waals surface area contributed by atoms with Crippen LogP contribution in [0.4, 0.5) is 9.18 Å². The van der Waals surface area contributed by atoms with Crippen molar-refractivity contribution in [1.29, 1.82) is 0 Å². The minimum absolute atomic E-state index is 0.122. The molecule has 1 aromatic rings. The summed E-state index contributed by atoms with van der Waals surface area (Å²) in [6.07, 6.45) is 2.05. The first-order valence-corrected chi connectivity index (χ1v) is 6.51. The highest BCUT2D eigenvalue weighted by atomic mass is 19.1. The largest absolute Gasteiger partial charge is 0.481 e. The minimum atomic E-state index is -0.866. The number of urea groups is 1. The van der Waals surface area contributed by atoms with E-state index in [4.69, 9.17) is 5.11 Å². The zero-order valence-electron chi connectivity index (χ0n) is 11.0. The van der Waals surface area contributed by atoms with Gasteiger partial charge in [0.2, 0.25) is 0 Å². The van der Waals surface area contributed by atoms with E-state index in [-0.39, 0.29) is 18.9 Å². The van der Waals surface area contributed by atoms with Gasteiger partial charge in [-0.1, -0.05) is 18.6 Å². The van der Waals surface area contributed by atoms with Gasteiger partial charge in [-0.05, 0) is 30.5 Å². The number of amides is 2. The van der Waals surface area contributed by atoms with E-state index in [9.17, 15) is 14.0 Å². The number of carboxylic acids is 1. The fourth-order valence-electron chi connectivity index (χ4n) is 2.21. The Bertz CT molecular complexity index is 515. The lowest BCUT2D eigenvalue weighted by Gasteiger charge is -2.37. The summed E-state index contributed by atoms with van der Waals surface area (Å²) >= 11 is 0. The molecule has 1 saturated carbocycles. The number of hydrogen-bond donors (Lipinski definition) is 3. The third-order valence-electron chi connectivity index (χ3n) is 3.69. The molecule has 0 saturated heterocycles. The Kier molecular flexibility index (Phi) is 4.22. The summed E-state index contributed by atoms with van der Waals surface area (Å²) in [4.78, 5) is 22.7. The molecule has 108 valence electrons. The lowest BCUT2D eigenvalue weighted by Crippen LogP contribution is -2.49. The van der Waals surface area contributed by atoms with E-state index < -0.39 is 17.4 Å². The van der Waals surface area contributed by atoms with Crippen LogP contribution in [0.5, 0.6) is 0 Å². The van der Waals surface area contributed by atoms with E-state index in [2.05, 4.69) is 10.6 Å². The SMILES string of the molecule is O=C(NCc1cccc(F)c1)NCC1(C(=O)O)CCC1. The maximum absolute atomic E-state index is 12.9. The van der Waals surface area contributed by atoms with Crippen molar-refractivity contribution in [2.24, 2.45) is 5.41 Å². The molecule has 5 nitrogen and oxygen atoms in total. The van der Waals surface area contributed by atoms with Crippen molar-refractivity contribution in [3.05, 3.63) is 35.6 Å². The van der Waals surface area contributed by atoms with Gasteiger partial charge in [-0.25, -0.2) is 9.18 Å². The molecule has 1 fully saturated rings. The molecule has 20 heavy (non-hydrogen) atoms. The van der Waals surface area contributed by atoms with Gasteiger partial charge >= 0.3 is 12.0 Å². The molecular formula is C14H17FN2O3. The Hall–Kier alpha value is -2.11. The smallest absolute Gasteiger partial charge is 0.315 e. The Balaban J connectivity index is 1.77. The summed E-state index contributed by atoms with van der Waals surface area (Å²) in [7, 11) is 0. The topological polar surface area (TPSA) is 78.4 Å². The first kappa shape index (κ1) is 14.3. The minimum Gasteiger partial charge on any atom is -0.481 e. The highest BCUT2D eigenvalue weighted by Gasteiger charge is 2.44. The lowest BCUT2D eigenvalue weighted by atomic mass is 9.69. The average Bonchev–Trinajstić information content (AvgIpc) is 2.34. The van der Waals surface area contributed by atoms with Gasteiger partial charge in [0.25, 0.3) is 0 Å². The number of halogens is 1. The standard InChI is InChI=1S/C14H17FN2O3/c15-11-4-1-3-10(7-11)8-16-13(20)17-9-14(12(18)19)5-2-6-14/h1,3-4,7H,2,5-6,8-9H2,(H,18,19)(H2,16,17,20). The van der Waals surface area contributed by atoms with Gasteiger partial charge < -0.3 is 15.7 Å². The fourth-order valence-corrected chi connectivity index (χ4v) is 2.21.